The summed E-state index contributed by atoms with van der Waals surface area (Å²) in [7, 11) is 0. The summed E-state index contributed by atoms with van der Waals surface area (Å²) in [6.45, 7) is 6.56. The van der Waals surface area contributed by atoms with E-state index in [-0.39, 0.29) is 36.9 Å². The maximum atomic E-state index is 14.0. The molecule has 3 aliphatic rings. The molecule has 244 valence electrons. The Labute approximate surface area is 274 Å². The molecule has 11 nitrogen and oxygen atoms in total. The number of amides is 3. The van der Waals surface area contributed by atoms with Gasteiger partial charge in [0.2, 0.25) is 5.91 Å². The van der Waals surface area contributed by atoms with E-state index < -0.39 is 11.7 Å². The Balaban J connectivity index is 1.11. The van der Waals surface area contributed by atoms with E-state index >= 15 is 0 Å². The van der Waals surface area contributed by atoms with Gasteiger partial charge in [-0.05, 0) is 62.8 Å². The van der Waals surface area contributed by atoms with Crippen LogP contribution in [0.15, 0.2) is 54.9 Å². The number of halogens is 1. The number of H-pyrrole nitrogens is 1. The Hall–Kier alpha value is -4.25. The Morgan fingerprint density at radius 3 is 2.37 bits per heavy atom. The molecule has 3 amide bonds. The molecule has 2 aliphatic heterocycles. The van der Waals surface area contributed by atoms with E-state index in [9.17, 15) is 19.5 Å². The molecule has 3 aromatic rings. The minimum Gasteiger partial charge on any atom is -0.478 e. The number of carbonyl (C=O) groups excluding carboxylic acids is 2. The quantitative estimate of drug-likeness (QED) is 0.330. The van der Waals surface area contributed by atoms with Crippen molar-refractivity contribution >= 4 is 35.2 Å². The highest BCUT2D eigenvalue weighted by atomic mass is 35.5. The highest BCUT2D eigenvalue weighted by Gasteiger charge is 2.39. The van der Waals surface area contributed by atoms with Gasteiger partial charge in [-0.25, -0.2) is 4.79 Å². The summed E-state index contributed by atoms with van der Waals surface area (Å²) in [6.07, 6.45) is 6.47. The van der Waals surface area contributed by atoms with Crippen molar-refractivity contribution in [3.8, 4) is 16.9 Å². The van der Waals surface area contributed by atoms with Crippen LogP contribution in [0.5, 0.6) is 5.75 Å². The summed E-state index contributed by atoms with van der Waals surface area (Å²) in [5.41, 5.74) is 2.89. The van der Waals surface area contributed by atoms with Gasteiger partial charge in [0.05, 0.1) is 12.1 Å². The smallest absolute Gasteiger partial charge is 0.407 e. The molecule has 0 radical (unpaired) electrons. The minimum atomic E-state index is -1.19. The molecular formula is C34H41ClN6O5. The fourth-order valence-corrected chi connectivity index (χ4v) is 6.66. The van der Waals surface area contributed by atoms with Crippen LogP contribution in [0, 0.1) is 5.92 Å². The van der Waals surface area contributed by atoms with E-state index in [1.54, 1.807) is 31.0 Å². The molecule has 1 aromatic heterocycles. The van der Waals surface area contributed by atoms with Crippen LogP contribution < -0.4 is 9.64 Å². The first-order valence-electron chi connectivity index (χ1n) is 16.0. The van der Waals surface area contributed by atoms with Crippen molar-refractivity contribution in [2.24, 2.45) is 5.92 Å². The molecule has 12 heteroatoms. The number of hydrogen-bond acceptors (Lipinski definition) is 6. The van der Waals surface area contributed by atoms with Gasteiger partial charge in [0.25, 0.3) is 5.91 Å². The van der Waals surface area contributed by atoms with Gasteiger partial charge in [-0.15, -0.1) is 0 Å². The summed E-state index contributed by atoms with van der Waals surface area (Å²) >= 11 is 6.56. The molecule has 1 atom stereocenters. The Morgan fingerprint density at radius 2 is 1.72 bits per heavy atom. The number of piperidine rings is 1. The number of aromatic amines is 1. The van der Waals surface area contributed by atoms with Crippen LogP contribution in [0.1, 0.15) is 45.1 Å². The van der Waals surface area contributed by atoms with Gasteiger partial charge in [0.15, 0.2) is 5.60 Å². The van der Waals surface area contributed by atoms with E-state index in [1.165, 1.54) is 4.90 Å². The number of carbonyl (C=O) groups is 3. The molecule has 0 unspecified atom stereocenters. The number of carboxylic acid groups (broad SMARTS) is 1. The van der Waals surface area contributed by atoms with E-state index in [4.69, 9.17) is 16.3 Å². The molecule has 2 aromatic carbocycles. The van der Waals surface area contributed by atoms with Gasteiger partial charge < -0.3 is 29.4 Å². The molecule has 3 heterocycles. The van der Waals surface area contributed by atoms with E-state index in [0.29, 0.717) is 37.0 Å². The van der Waals surface area contributed by atoms with Gasteiger partial charge >= 0.3 is 6.09 Å². The van der Waals surface area contributed by atoms with Crippen LogP contribution in [-0.4, -0.2) is 98.8 Å². The van der Waals surface area contributed by atoms with Gasteiger partial charge in [0.1, 0.15) is 5.75 Å². The summed E-state index contributed by atoms with van der Waals surface area (Å²) < 4.78 is 6.24. The van der Waals surface area contributed by atoms with E-state index in [2.05, 4.69) is 44.3 Å². The van der Waals surface area contributed by atoms with Crippen LogP contribution in [0.2, 0.25) is 5.02 Å². The molecule has 1 aliphatic carbocycles. The lowest BCUT2D eigenvalue weighted by atomic mass is 9.95. The molecule has 46 heavy (non-hydrogen) atoms. The minimum absolute atomic E-state index is 0.134. The summed E-state index contributed by atoms with van der Waals surface area (Å²) in [4.78, 5) is 45.8. The maximum absolute atomic E-state index is 14.0. The first-order chi connectivity index (χ1) is 22.1. The van der Waals surface area contributed by atoms with Gasteiger partial charge in [-0.3, -0.25) is 14.7 Å². The third kappa shape index (κ3) is 7.25. The van der Waals surface area contributed by atoms with Crippen LogP contribution in [0.25, 0.3) is 11.1 Å². The zero-order chi connectivity index (χ0) is 32.4. The lowest BCUT2D eigenvalue weighted by Crippen LogP contribution is -2.56. The molecule has 0 spiro atoms. The second-order valence-corrected chi connectivity index (χ2v) is 13.4. The highest BCUT2D eigenvalue weighted by Crippen LogP contribution is 2.35. The van der Waals surface area contributed by atoms with E-state index in [0.717, 1.165) is 54.6 Å². The third-order valence-electron chi connectivity index (χ3n) is 9.13. The summed E-state index contributed by atoms with van der Waals surface area (Å²) in [5.74, 6) is 0.320. The Morgan fingerprint density at radius 1 is 1.00 bits per heavy atom. The first kappa shape index (κ1) is 31.7. The Kier molecular flexibility index (Phi) is 9.13. The molecular weight excluding hydrogens is 608 g/mol. The fourth-order valence-electron chi connectivity index (χ4n) is 6.44. The lowest BCUT2D eigenvalue weighted by molar-refractivity contribution is -0.147. The largest absolute Gasteiger partial charge is 0.478 e. The fraction of sp³-hybridized carbons (Fsp3) is 0.471. The molecule has 1 saturated carbocycles. The number of anilines is 1. The number of rotatable bonds is 9. The topological polar surface area (TPSA) is 122 Å². The first-order valence-corrected chi connectivity index (χ1v) is 16.4. The van der Waals surface area contributed by atoms with Crippen molar-refractivity contribution in [1.29, 1.82) is 0 Å². The monoisotopic (exact) mass is 648 g/mol. The predicted octanol–water partition coefficient (Wildman–Crippen LogP) is 5.12. The zero-order valence-corrected chi connectivity index (χ0v) is 27.1. The van der Waals surface area contributed by atoms with Crippen molar-refractivity contribution in [2.75, 3.05) is 44.2 Å². The standard InChI is InChI=1S/C34H41ClN6O5/c1-34(2,32(43)38-12-14-39(15-13-38)33(44)45)46-30-17-27(35)16-29(18-30)40-11-3-4-25(22-40)31(42)41(28-9-10-28)21-23-5-7-24(8-6-23)26-19-36-37-20-26/h5-8,16-20,25,28H,3-4,9-15,21-22H2,1-2H3,(H,36,37)(H,44,45)/t25-/m1/s1. The normalized spacial score (nSPS) is 18.8. The number of aromatic nitrogens is 2. The predicted molar refractivity (Wildman–Crippen MR) is 175 cm³/mol. The van der Waals surface area contributed by atoms with Crippen molar-refractivity contribution < 1.29 is 24.2 Å². The van der Waals surface area contributed by atoms with Crippen molar-refractivity contribution in [2.45, 2.75) is 57.7 Å². The maximum Gasteiger partial charge on any atom is 0.407 e. The SMILES string of the molecule is CC(C)(Oc1cc(Cl)cc(N2CCC[C@@H](C(=O)N(Cc3ccc(-c4cn[nH]c4)cc3)C3CC3)C2)c1)C(=O)N1CCN(C(=O)O)CC1. The molecule has 3 fully saturated rings. The summed E-state index contributed by atoms with van der Waals surface area (Å²) in [6, 6.07) is 14.1. The number of piperazine rings is 1. The van der Waals surface area contributed by atoms with Crippen LogP contribution in [0.3, 0.4) is 0 Å². The third-order valence-corrected chi connectivity index (χ3v) is 9.34. The van der Waals surface area contributed by atoms with Gasteiger partial charge in [0, 0.05) is 80.4 Å². The van der Waals surface area contributed by atoms with Crippen molar-refractivity contribution in [1.82, 2.24) is 24.9 Å². The lowest BCUT2D eigenvalue weighted by Gasteiger charge is -2.38. The average molecular weight is 649 g/mol. The van der Waals surface area contributed by atoms with E-state index in [1.807, 2.05) is 18.3 Å². The molecule has 0 bridgehead atoms. The number of hydrogen-bond donors (Lipinski definition) is 2. The Bertz CT molecular complexity index is 1550. The number of benzene rings is 2. The van der Waals surface area contributed by atoms with Gasteiger partial charge in [-0.1, -0.05) is 35.9 Å². The van der Waals surface area contributed by atoms with Crippen LogP contribution >= 0.6 is 11.6 Å². The number of ether oxygens (including phenoxy) is 1. The van der Waals surface area contributed by atoms with Crippen molar-refractivity contribution in [3.63, 3.8) is 0 Å². The molecule has 6 rings (SSSR count). The molecule has 2 saturated heterocycles. The second-order valence-electron chi connectivity index (χ2n) is 13.0. The number of nitrogens with zero attached hydrogens (tertiary/aromatic N) is 5. The molecule has 2 N–H and O–H groups in total. The van der Waals surface area contributed by atoms with Gasteiger partial charge in [-0.2, -0.15) is 5.10 Å². The number of nitrogens with one attached hydrogen (secondary N) is 1. The zero-order valence-electron chi connectivity index (χ0n) is 26.3. The summed E-state index contributed by atoms with van der Waals surface area (Å²) in [5, 5.41) is 16.6. The van der Waals surface area contributed by atoms with Crippen molar-refractivity contribution in [3.05, 3.63) is 65.4 Å². The highest BCUT2D eigenvalue weighted by molar-refractivity contribution is 6.31. The van der Waals surface area contributed by atoms with Crippen LogP contribution in [-0.2, 0) is 16.1 Å². The average Bonchev–Trinajstić information content (AvgIpc) is 3.75. The van der Waals surface area contributed by atoms with Crippen LogP contribution in [0.4, 0.5) is 10.5 Å². The second kappa shape index (κ2) is 13.2.